The van der Waals surface area contributed by atoms with Crippen molar-refractivity contribution in [2.24, 2.45) is 5.73 Å². The fraction of sp³-hybridized carbons (Fsp3) is 0.750. The van der Waals surface area contributed by atoms with Crippen molar-refractivity contribution in [2.45, 2.75) is 19.3 Å². The standard InChI is InChI=1S/C8H15NO2/c9-4-2-6-11-8-3-1-5-10-7-8/h7H,1-6,9H2. The monoisotopic (exact) mass is 157 g/mol. The molecular formula is C8H15NO2. The Hall–Kier alpha value is -0.700. The molecule has 0 amide bonds. The molecule has 3 heteroatoms. The first-order valence-electron chi connectivity index (χ1n) is 4.07. The average Bonchev–Trinajstić information content (AvgIpc) is 2.07. The van der Waals surface area contributed by atoms with E-state index in [-0.39, 0.29) is 0 Å². The molecule has 1 aliphatic heterocycles. The largest absolute Gasteiger partial charge is 0.498 e. The predicted octanol–water partition coefficient (Wildman–Crippen LogP) is 1.00. The maximum absolute atomic E-state index is 5.38. The van der Waals surface area contributed by atoms with Crippen molar-refractivity contribution in [3.8, 4) is 0 Å². The van der Waals surface area contributed by atoms with Crippen molar-refractivity contribution in [1.82, 2.24) is 0 Å². The van der Waals surface area contributed by atoms with Crippen LogP contribution in [0.3, 0.4) is 0 Å². The molecule has 0 aromatic heterocycles. The summed E-state index contributed by atoms with van der Waals surface area (Å²) in [6.45, 7) is 2.23. The van der Waals surface area contributed by atoms with Gasteiger partial charge in [0.2, 0.25) is 0 Å². The third kappa shape index (κ3) is 3.28. The Bertz CT molecular complexity index is 134. The number of hydrogen-bond donors (Lipinski definition) is 1. The van der Waals surface area contributed by atoms with Crippen molar-refractivity contribution < 1.29 is 9.47 Å². The van der Waals surface area contributed by atoms with E-state index in [2.05, 4.69) is 0 Å². The number of allylic oxidation sites excluding steroid dienone is 1. The molecule has 0 atom stereocenters. The van der Waals surface area contributed by atoms with Crippen LogP contribution in [0, 0.1) is 0 Å². The topological polar surface area (TPSA) is 44.5 Å². The van der Waals surface area contributed by atoms with E-state index in [0.717, 1.165) is 31.6 Å². The lowest BCUT2D eigenvalue weighted by molar-refractivity contribution is 0.138. The molecule has 0 radical (unpaired) electrons. The molecule has 1 aliphatic rings. The summed E-state index contributed by atoms with van der Waals surface area (Å²) >= 11 is 0. The van der Waals surface area contributed by atoms with Gasteiger partial charge in [0.25, 0.3) is 0 Å². The van der Waals surface area contributed by atoms with Crippen LogP contribution in [0.4, 0.5) is 0 Å². The Balaban J connectivity index is 2.09. The van der Waals surface area contributed by atoms with Crippen LogP contribution in [-0.4, -0.2) is 19.8 Å². The van der Waals surface area contributed by atoms with Gasteiger partial charge in [0.15, 0.2) is 0 Å². The van der Waals surface area contributed by atoms with Crippen molar-refractivity contribution in [3.05, 3.63) is 12.0 Å². The minimum atomic E-state index is 0.689. The summed E-state index contributed by atoms with van der Waals surface area (Å²) in [5.41, 5.74) is 5.31. The molecule has 3 nitrogen and oxygen atoms in total. The quantitative estimate of drug-likeness (QED) is 0.619. The van der Waals surface area contributed by atoms with Gasteiger partial charge in [-0.2, -0.15) is 0 Å². The minimum absolute atomic E-state index is 0.689. The summed E-state index contributed by atoms with van der Waals surface area (Å²) in [5, 5.41) is 0. The van der Waals surface area contributed by atoms with Gasteiger partial charge in [0, 0.05) is 6.42 Å². The fourth-order valence-corrected chi connectivity index (χ4v) is 0.933. The summed E-state index contributed by atoms with van der Waals surface area (Å²) in [6, 6.07) is 0. The Morgan fingerprint density at radius 3 is 3.18 bits per heavy atom. The van der Waals surface area contributed by atoms with E-state index in [1.54, 1.807) is 6.26 Å². The number of ether oxygens (including phenoxy) is 2. The van der Waals surface area contributed by atoms with Crippen LogP contribution < -0.4 is 5.73 Å². The summed E-state index contributed by atoms with van der Waals surface area (Å²) in [7, 11) is 0. The molecule has 2 N–H and O–H groups in total. The second kappa shape index (κ2) is 5.02. The molecule has 0 saturated carbocycles. The summed E-state index contributed by atoms with van der Waals surface area (Å²) in [5.74, 6) is 0.963. The lowest BCUT2D eigenvalue weighted by Crippen LogP contribution is -2.07. The normalized spacial score (nSPS) is 17.0. The number of rotatable bonds is 4. The van der Waals surface area contributed by atoms with E-state index < -0.39 is 0 Å². The number of hydrogen-bond acceptors (Lipinski definition) is 3. The second-order valence-electron chi connectivity index (χ2n) is 2.55. The van der Waals surface area contributed by atoms with E-state index in [4.69, 9.17) is 15.2 Å². The highest BCUT2D eigenvalue weighted by atomic mass is 16.5. The van der Waals surface area contributed by atoms with Crippen LogP contribution in [0.2, 0.25) is 0 Å². The van der Waals surface area contributed by atoms with Crippen LogP contribution in [-0.2, 0) is 9.47 Å². The molecule has 1 rings (SSSR count). The van der Waals surface area contributed by atoms with E-state index in [1.165, 1.54) is 0 Å². The van der Waals surface area contributed by atoms with Crippen LogP contribution in [0.25, 0.3) is 0 Å². The molecule has 64 valence electrons. The van der Waals surface area contributed by atoms with Gasteiger partial charge in [0.1, 0.15) is 12.0 Å². The van der Waals surface area contributed by atoms with Crippen molar-refractivity contribution >= 4 is 0 Å². The van der Waals surface area contributed by atoms with Gasteiger partial charge in [-0.3, -0.25) is 0 Å². The molecule has 0 aromatic carbocycles. The third-order valence-electron chi connectivity index (χ3n) is 1.54. The Morgan fingerprint density at radius 2 is 2.55 bits per heavy atom. The van der Waals surface area contributed by atoms with Crippen molar-refractivity contribution in [1.29, 1.82) is 0 Å². The zero-order chi connectivity index (χ0) is 7.94. The van der Waals surface area contributed by atoms with Crippen molar-refractivity contribution in [3.63, 3.8) is 0 Å². The Labute approximate surface area is 67.2 Å². The molecule has 0 unspecified atom stereocenters. The summed E-state index contributed by atoms with van der Waals surface area (Å²) in [4.78, 5) is 0. The van der Waals surface area contributed by atoms with E-state index >= 15 is 0 Å². The maximum Gasteiger partial charge on any atom is 0.130 e. The van der Waals surface area contributed by atoms with Gasteiger partial charge in [-0.1, -0.05) is 0 Å². The third-order valence-corrected chi connectivity index (χ3v) is 1.54. The zero-order valence-corrected chi connectivity index (χ0v) is 6.71. The predicted molar refractivity (Wildman–Crippen MR) is 42.9 cm³/mol. The van der Waals surface area contributed by atoms with E-state index in [1.807, 2.05) is 0 Å². The van der Waals surface area contributed by atoms with Gasteiger partial charge in [-0.05, 0) is 19.4 Å². The SMILES string of the molecule is NCCCOC1=COCCC1. The Morgan fingerprint density at radius 1 is 1.64 bits per heavy atom. The molecular weight excluding hydrogens is 142 g/mol. The lowest BCUT2D eigenvalue weighted by Gasteiger charge is -2.14. The van der Waals surface area contributed by atoms with Gasteiger partial charge < -0.3 is 15.2 Å². The lowest BCUT2D eigenvalue weighted by atomic mass is 10.2. The maximum atomic E-state index is 5.38. The first-order valence-corrected chi connectivity index (χ1v) is 4.07. The van der Waals surface area contributed by atoms with Crippen LogP contribution in [0.15, 0.2) is 12.0 Å². The highest BCUT2D eigenvalue weighted by Gasteiger charge is 2.03. The summed E-state index contributed by atoms with van der Waals surface area (Å²) < 4.78 is 10.5. The van der Waals surface area contributed by atoms with Crippen LogP contribution in [0.5, 0.6) is 0 Å². The van der Waals surface area contributed by atoms with Gasteiger partial charge in [-0.25, -0.2) is 0 Å². The van der Waals surface area contributed by atoms with Crippen LogP contribution in [0.1, 0.15) is 19.3 Å². The molecule has 0 bridgehead atoms. The molecule has 0 fully saturated rings. The molecule has 11 heavy (non-hydrogen) atoms. The van der Waals surface area contributed by atoms with E-state index in [0.29, 0.717) is 13.2 Å². The first-order chi connectivity index (χ1) is 5.43. The van der Waals surface area contributed by atoms with Crippen molar-refractivity contribution in [2.75, 3.05) is 19.8 Å². The van der Waals surface area contributed by atoms with E-state index in [9.17, 15) is 0 Å². The first kappa shape index (κ1) is 8.40. The molecule has 0 aromatic rings. The average molecular weight is 157 g/mol. The number of nitrogens with two attached hydrogens (primary N) is 1. The molecule has 0 spiro atoms. The minimum Gasteiger partial charge on any atom is -0.498 e. The second-order valence-corrected chi connectivity index (χ2v) is 2.55. The molecule has 0 aliphatic carbocycles. The Kier molecular flexibility index (Phi) is 3.83. The fourth-order valence-electron chi connectivity index (χ4n) is 0.933. The molecule has 0 saturated heterocycles. The van der Waals surface area contributed by atoms with Crippen LogP contribution >= 0.6 is 0 Å². The van der Waals surface area contributed by atoms with Gasteiger partial charge in [-0.15, -0.1) is 0 Å². The highest BCUT2D eigenvalue weighted by molar-refractivity contribution is 4.90. The summed E-state index contributed by atoms with van der Waals surface area (Å²) in [6.07, 6.45) is 4.69. The smallest absolute Gasteiger partial charge is 0.130 e. The van der Waals surface area contributed by atoms with Gasteiger partial charge in [0.05, 0.1) is 13.2 Å². The zero-order valence-electron chi connectivity index (χ0n) is 6.71. The molecule has 1 heterocycles. The highest BCUT2D eigenvalue weighted by Crippen LogP contribution is 2.12. The van der Waals surface area contributed by atoms with Gasteiger partial charge >= 0.3 is 0 Å².